The SMILES string of the molecule is CC1(Nc2nc(C(F)(F)F)ns2)CCCC1. The number of aromatic nitrogens is 2. The minimum atomic E-state index is -4.45. The molecular formula is C9H12F3N3S. The average Bonchev–Trinajstić information content (AvgIpc) is 2.74. The molecule has 1 heterocycles. The smallest absolute Gasteiger partial charge is 0.355 e. The Morgan fingerprint density at radius 3 is 2.44 bits per heavy atom. The molecule has 0 unspecified atom stereocenters. The number of alkyl halides is 3. The van der Waals surface area contributed by atoms with E-state index in [1.165, 1.54) is 0 Å². The van der Waals surface area contributed by atoms with Crippen LogP contribution >= 0.6 is 11.5 Å². The molecule has 0 atom stereocenters. The van der Waals surface area contributed by atoms with Crippen LogP contribution in [0.15, 0.2) is 0 Å². The summed E-state index contributed by atoms with van der Waals surface area (Å²) >= 11 is 0.770. The topological polar surface area (TPSA) is 37.8 Å². The number of rotatable bonds is 2. The fourth-order valence-corrected chi connectivity index (χ4v) is 2.66. The van der Waals surface area contributed by atoms with E-state index in [0.29, 0.717) is 0 Å². The molecular weight excluding hydrogens is 239 g/mol. The third-order valence-corrected chi connectivity index (χ3v) is 3.43. The molecule has 16 heavy (non-hydrogen) atoms. The van der Waals surface area contributed by atoms with Crippen LogP contribution in [0.5, 0.6) is 0 Å². The van der Waals surface area contributed by atoms with Crippen LogP contribution in [-0.2, 0) is 6.18 Å². The van der Waals surface area contributed by atoms with Gasteiger partial charge in [-0.05, 0) is 19.8 Å². The summed E-state index contributed by atoms with van der Waals surface area (Å²) in [6.07, 6.45) is -0.308. The van der Waals surface area contributed by atoms with Gasteiger partial charge in [-0.15, -0.1) is 0 Å². The van der Waals surface area contributed by atoms with Crippen LogP contribution in [0.4, 0.5) is 18.3 Å². The van der Waals surface area contributed by atoms with Gasteiger partial charge in [0.15, 0.2) is 0 Å². The highest BCUT2D eigenvalue weighted by atomic mass is 32.1. The zero-order valence-corrected chi connectivity index (χ0v) is 9.58. The van der Waals surface area contributed by atoms with E-state index in [1.807, 2.05) is 6.92 Å². The maximum absolute atomic E-state index is 12.3. The van der Waals surface area contributed by atoms with E-state index in [2.05, 4.69) is 14.7 Å². The molecule has 1 saturated carbocycles. The van der Waals surface area contributed by atoms with E-state index in [9.17, 15) is 13.2 Å². The first-order valence-electron chi connectivity index (χ1n) is 5.08. The molecule has 0 spiro atoms. The van der Waals surface area contributed by atoms with Crippen molar-refractivity contribution < 1.29 is 13.2 Å². The average molecular weight is 251 g/mol. The van der Waals surface area contributed by atoms with Gasteiger partial charge in [-0.1, -0.05) is 12.8 Å². The Morgan fingerprint density at radius 1 is 1.31 bits per heavy atom. The Hall–Kier alpha value is -0.850. The van der Waals surface area contributed by atoms with Gasteiger partial charge in [0.2, 0.25) is 11.0 Å². The highest BCUT2D eigenvalue weighted by Crippen LogP contribution is 2.34. The fourth-order valence-electron chi connectivity index (χ4n) is 1.93. The van der Waals surface area contributed by atoms with Crippen molar-refractivity contribution in [2.75, 3.05) is 5.32 Å². The molecule has 0 aromatic carbocycles. The number of nitrogens with zero attached hydrogens (tertiary/aromatic N) is 2. The van der Waals surface area contributed by atoms with Gasteiger partial charge in [0.25, 0.3) is 0 Å². The van der Waals surface area contributed by atoms with Crippen molar-refractivity contribution in [3.05, 3.63) is 5.82 Å². The summed E-state index contributed by atoms with van der Waals surface area (Å²) in [7, 11) is 0. The minimum absolute atomic E-state index is 0.123. The second-order valence-corrected chi connectivity index (χ2v) is 5.07. The van der Waals surface area contributed by atoms with Crippen LogP contribution < -0.4 is 5.32 Å². The first-order chi connectivity index (χ1) is 7.39. The normalized spacial score (nSPS) is 20.0. The van der Waals surface area contributed by atoms with E-state index in [0.717, 1.165) is 37.2 Å². The summed E-state index contributed by atoms with van der Waals surface area (Å²) in [6.45, 7) is 2.01. The molecule has 1 aliphatic rings. The van der Waals surface area contributed by atoms with Crippen molar-refractivity contribution in [2.24, 2.45) is 0 Å². The van der Waals surface area contributed by atoms with Crippen molar-refractivity contribution in [1.29, 1.82) is 0 Å². The van der Waals surface area contributed by atoms with Gasteiger partial charge in [0, 0.05) is 17.1 Å². The molecule has 7 heteroatoms. The molecule has 0 aliphatic heterocycles. The molecule has 0 saturated heterocycles. The highest BCUT2D eigenvalue weighted by molar-refractivity contribution is 7.09. The summed E-state index contributed by atoms with van der Waals surface area (Å²) in [5.74, 6) is -1.05. The molecule has 2 rings (SSSR count). The maximum Gasteiger partial charge on any atom is 0.452 e. The zero-order chi connectivity index (χ0) is 11.8. The quantitative estimate of drug-likeness (QED) is 0.876. The lowest BCUT2D eigenvalue weighted by Crippen LogP contribution is -2.30. The van der Waals surface area contributed by atoms with Crippen molar-refractivity contribution in [2.45, 2.75) is 44.3 Å². The van der Waals surface area contributed by atoms with E-state index in [1.54, 1.807) is 0 Å². The number of halogens is 3. The second kappa shape index (κ2) is 3.87. The number of hydrogen-bond donors (Lipinski definition) is 1. The Morgan fingerprint density at radius 2 is 1.94 bits per heavy atom. The molecule has 90 valence electrons. The van der Waals surface area contributed by atoms with E-state index < -0.39 is 12.0 Å². The van der Waals surface area contributed by atoms with Crippen LogP contribution in [0.2, 0.25) is 0 Å². The lowest BCUT2D eigenvalue weighted by Gasteiger charge is -2.24. The van der Waals surface area contributed by atoms with Crippen LogP contribution in [0.1, 0.15) is 38.4 Å². The second-order valence-electron chi connectivity index (χ2n) is 4.31. The predicted octanol–water partition coefficient (Wildman–Crippen LogP) is 3.30. The lowest BCUT2D eigenvalue weighted by molar-refractivity contribution is -0.144. The lowest BCUT2D eigenvalue weighted by atomic mass is 10.0. The van der Waals surface area contributed by atoms with Crippen LogP contribution in [-0.4, -0.2) is 14.9 Å². The van der Waals surface area contributed by atoms with Crippen LogP contribution in [0, 0.1) is 0 Å². The third-order valence-electron chi connectivity index (χ3n) is 2.80. The molecule has 1 aliphatic carbocycles. The number of hydrogen-bond acceptors (Lipinski definition) is 4. The van der Waals surface area contributed by atoms with Crippen molar-refractivity contribution >= 4 is 16.7 Å². The highest BCUT2D eigenvalue weighted by Gasteiger charge is 2.37. The van der Waals surface area contributed by atoms with E-state index in [4.69, 9.17) is 0 Å². The van der Waals surface area contributed by atoms with Gasteiger partial charge in [-0.2, -0.15) is 22.5 Å². The first kappa shape index (κ1) is 11.6. The van der Waals surface area contributed by atoms with Gasteiger partial charge in [0.1, 0.15) is 0 Å². The molecule has 1 fully saturated rings. The fraction of sp³-hybridized carbons (Fsp3) is 0.778. The molecule has 1 N–H and O–H groups in total. The maximum atomic E-state index is 12.3. The number of anilines is 1. The number of nitrogens with one attached hydrogen (secondary N) is 1. The van der Waals surface area contributed by atoms with Crippen molar-refractivity contribution in [1.82, 2.24) is 9.36 Å². The molecule has 1 aromatic heterocycles. The largest absolute Gasteiger partial charge is 0.452 e. The van der Waals surface area contributed by atoms with Crippen molar-refractivity contribution in [3.63, 3.8) is 0 Å². The van der Waals surface area contributed by atoms with Crippen LogP contribution in [0.3, 0.4) is 0 Å². The summed E-state index contributed by atoms with van der Waals surface area (Å²) in [4.78, 5) is 3.46. The molecule has 1 aromatic rings. The molecule has 3 nitrogen and oxygen atoms in total. The van der Waals surface area contributed by atoms with Gasteiger partial charge >= 0.3 is 6.18 Å². The monoisotopic (exact) mass is 251 g/mol. The van der Waals surface area contributed by atoms with Gasteiger partial charge < -0.3 is 5.32 Å². The molecule has 0 bridgehead atoms. The van der Waals surface area contributed by atoms with Gasteiger partial charge in [0.05, 0.1) is 0 Å². The van der Waals surface area contributed by atoms with Gasteiger partial charge in [-0.25, -0.2) is 0 Å². The minimum Gasteiger partial charge on any atom is -0.355 e. The Labute approximate surface area is 95.2 Å². The van der Waals surface area contributed by atoms with E-state index in [-0.39, 0.29) is 10.7 Å². The summed E-state index contributed by atoms with van der Waals surface area (Å²) in [5, 5.41) is 3.32. The Bertz CT molecular complexity index is 368. The molecule has 0 amide bonds. The molecule has 0 radical (unpaired) electrons. The van der Waals surface area contributed by atoms with Gasteiger partial charge in [-0.3, -0.25) is 0 Å². The first-order valence-corrected chi connectivity index (χ1v) is 5.85. The van der Waals surface area contributed by atoms with Crippen LogP contribution in [0.25, 0.3) is 0 Å². The van der Waals surface area contributed by atoms with E-state index >= 15 is 0 Å². The Kier molecular flexibility index (Phi) is 2.81. The predicted molar refractivity (Wildman–Crippen MR) is 55.4 cm³/mol. The summed E-state index contributed by atoms with van der Waals surface area (Å²) < 4.78 is 40.1. The summed E-state index contributed by atoms with van der Waals surface area (Å²) in [6, 6.07) is 0. The summed E-state index contributed by atoms with van der Waals surface area (Å²) in [5.41, 5.74) is -0.123. The zero-order valence-electron chi connectivity index (χ0n) is 8.76. The Balaban J connectivity index is 2.08. The van der Waals surface area contributed by atoms with Crippen molar-refractivity contribution in [3.8, 4) is 0 Å². The third kappa shape index (κ3) is 2.45. The standard InChI is InChI=1S/C9H12F3N3S/c1-8(4-2-3-5-8)14-7-13-6(15-16-7)9(10,11)12/h2-5H2,1H3,(H,13,14,15).